The fourth-order valence-electron chi connectivity index (χ4n) is 2.15. The molecule has 106 valence electrons. The molecule has 0 aromatic heterocycles. The first-order valence-corrected chi connectivity index (χ1v) is 11.6. The molecule has 20 heavy (non-hydrogen) atoms. The summed E-state index contributed by atoms with van der Waals surface area (Å²) in [5.41, 5.74) is 2.48. The summed E-state index contributed by atoms with van der Waals surface area (Å²) in [6.07, 6.45) is 1.28. The summed E-state index contributed by atoms with van der Waals surface area (Å²) in [6.45, 7) is 2.10. The van der Waals surface area contributed by atoms with Gasteiger partial charge in [0.15, 0.2) is 0 Å². The van der Waals surface area contributed by atoms with Crippen molar-refractivity contribution in [2.45, 2.75) is 36.4 Å². The number of benzene rings is 2. The van der Waals surface area contributed by atoms with Crippen LogP contribution in [-0.4, -0.2) is 13.9 Å². The molecule has 0 aliphatic carbocycles. The monoisotopic (exact) mass is 335 g/mol. The van der Waals surface area contributed by atoms with Crippen molar-refractivity contribution in [3.63, 3.8) is 0 Å². The molecular weight excluding hydrogens is 311 g/mol. The van der Waals surface area contributed by atoms with Crippen molar-refractivity contribution in [1.82, 2.24) is 0 Å². The van der Waals surface area contributed by atoms with Crippen LogP contribution in [0.2, 0.25) is 17.0 Å². The van der Waals surface area contributed by atoms with Crippen molar-refractivity contribution < 1.29 is 4.74 Å². The Hall–Kier alpha value is -1.24. The summed E-state index contributed by atoms with van der Waals surface area (Å²) in [5, 5.41) is 1.30. The number of ether oxygens (including phenoxy) is 1. The van der Waals surface area contributed by atoms with Gasteiger partial charge in [0, 0.05) is 0 Å². The zero-order valence-electron chi connectivity index (χ0n) is 12.5. The van der Waals surface area contributed by atoms with Gasteiger partial charge in [-0.1, -0.05) is 0 Å². The number of hydrogen-bond acceptors (Lipinski definition) is 1. The fourth-order valence-corrected chi connectivity index (χ4v) is 3.58. The average molecular weight is 334 g/mol. The Bertz CT molecular complexity index is 522. The summed E-state index contributed by atoms with van der Waals surface area (Å²) in [7, 11) is 0. The molecular formula is C18H23OSe+. The molecule has 1 nitrogen and oxygen atoms in total. The van der Waals surface area contributed by atoms with Gasteiger partial charge >= 0.3 is 127 Å². The second-order valence-electron chi connectivity index (χ2n) is 5.26. The van der Waals surface area contributed by atoms with Crippen LogP contribution in [0.4, 0.5) is 0 Å². The maximum absolute atomic E-state index is 6.30. The molecule has 0 saturated heterocycles. The Kier molecular flexibility index (Phi) is 5.70. The third-order valence-corrected chi connectivity index (χ3v) is 5.53. The van der Waals surface area contributed by atoms with Crippen molar-refractivity contribution >= 4 is 13.9 Å². The first-order chi connectivity index (χ1) is 9.66. The van der Waals surface area contributed by atoms with E-state index in [4.69, 9.17) is 4.74 Å². The molecule has 0 heterocycles. The quantitative estimate of drug-likeness (QED) is 0.655. The van der Waals surface area contributed by atoms with E-state index in [2.05, 4.69) is 67.1 Å². The van der Waals surface area contributed by atoms with Gasteiger partial charge in [0.25, 0.3) is 0 Å². The van der Waals surface area contributed by atoms with Crippen molar-refractivity contribution in [3.8, 4) is 5.75 Å². The molecule has 0 amide bonds. The summed E-state index contributed by atoms with van der Waals surface area (Å²) < 4.78 is 6.30. The number of hydrogen-bond donors (Lipinski definition) is 0. The van der Waals surface area contributed by atoms with E-state index < -0.39 is 13.9 Å². The minimum absolute atomic E-state index is 0.170. The van der Waals surface area contributed by atoms with Crippen LogP contribution in [0.15, 0.2) is 54.6 Å². The number of rotatable bonds is 6. The van der Waals surface area contributed by atoms with Crippen molar-refractivity contribution in [2.24, 2.45) is 0 Å². The van der Waals surface area contributed by atoms with Gasteiger partial charge in [-0.15, -0.1) is 0 Å². The van der Waals surface area contributed by atoms with E-state index in [9.17, 15) is 0 Å². The van der Waals surface area contributed by atoms with Gasteiger partial charge < -0.3 is 0 Å². The standard InChI is InChI=1S/C18H23OSe/c1-15-9-7-8-12-17(15)19-18(13-14-20(2)3)16-10-5-4-6-11-16/h4-12,18H,13-14H2,1-3H3/q+1/t18-/m1/s1. The Labute approximate surface area is 126 Å². The van der Waals surface area contributed by atoms with Gasteiger partial charge in [-0.3, -0.25) is 0 Å². The molecule has 0 bridgehead atoms. The van der Waals surface area contributed by atoms with E-state index in [0.29, 0.717) is 0 Å². The van der Waals surface area contributed by atoms with Crippen LogP contribution in [0, 0.1) is 6.92 Å². The van der Waals surface area contributed by atoms with E-state index >= 15 is 0 Å². The predicted molar refractivity (Wildman–Crippen MR) is 87.9 cm³/mol. The van der Waals surface area contributed by atoms with E-state index in [1.54, 1.807) is 0 Å². The third kappa shape index (κ3) is 4.40. The predicted octanol–water partition coefficient (Wildman–Crippen LogP) is 5.26. The fraction of sp³-hybridized carbons (Fsp3) is 0.333. The molecule has 0 radical (unpaired) electrons. The normalized spacial score (nSPS) is 12.4. The van der Waals surface area contributed by atoms with Gasteiger partial charge in [0.1, 0.15) is 0 Å². The maximum atomic E-state index is 6.30. The van der Waals surface area contributed by atoms with Crippen molar-refractivity contribution in [1.29, 1.82) is 0 Å². The average Bonchev–Trinajstić information content (AvgIpc) is 2.46. The molecule has 0 N–H and O–H groups in total. The van der Waals surface area contributed by atoms with Crippen LogP contribution >= 0.6 is 0 Å². The summed E-state index contributed by atoms with van der Waals surface area (Å²) in [5.74, 6) is 5.77. The van der Waals surface area contributed by atoms with E-state index in [-0.39, 0.29) is 6.10 Å². The van der Waals surface area contributed by atoms with E-state index in [0.717, 1.165) is 12.2 Å². The SMILES string of the molecule is Cc1ccccc1O[C@H](CC[Se+](C)C)c1ccccc1. The van der Waals surface area contributed by atoms with Crippen LogP contribution in [0.25, 0.3) is 0 Å². The molecule has 2 aromatic carbocycles. The van der Waals surface area contributed by atoms with E-state index in [1.165, 1.54) is 16.4 Å². The third-order valence-electron chi connectivity index (χ3n) is 3.32. The Balaban J connectivity index is 2.16. The summed E-state index contributed by atoms with van der Waals surface area (Å²) in [4.78, 5) is 0. The van der Waals surface area contributed by atoms with Gasteiger partial charge in [0.2, 0.25) is 0 Å². The molecule has 0 aliphatic rings. The van der Waals surface area contributed by atoms with Gasteiger partial charge in [-0.25, -0.2) is 0 Å². The summed E-state index contributed by atoms with van der Waals surface area (Å²) >= 11 is -0.426. The van der Waals surface area contributed by atoms with Crippen LogP contribution in [0.3, 0.4) is 0 Å². The Morgan fingerprint density at radius 2 is 1.60 bits per heavy atom. The second-order valence-corrected chi connectivity index (χ2v) is 10.3. The summed E-state index contributed by atoms with van der Waals surface area (Å²) in [6, 6.07) is 18.9. The number of aryl methyl sites for hydroxylation is 1. The minimum atomic E-state index is -0.426. The molecule has 2 heteroatoms. The molecule has 1 atom stereocenters. The second kappa shape index (κ2) is 7.52. The van der Waals surface area contributed by atoms with Crippen LogP contribution in [0.5, 0.6) is 5.75 Å². The molecule has 0 fully saturated rings. The molecule has 2 rings (SSSR count). The molecule has 0 unspecified atom stereocenters. The van der Waals surface area contributed by atoms with Gasteiger partial charge in [0.05, 0.1) is 0 Å². The van der Waals surface area contributed by atoms with Crippen LogP contribution in [0.1, 0.15) is 23.7 Å². The zero-order valence-corrected chi connectivity index (χ0v) is 14.2. The topological polar surface area (TPSA) is 9.23 Å². The van der Waals surface area contributed by atoms with Gasteiger partial charge in [-0.05, 0) is 0 Å². The van der Waals surface area contributed by atoms with E-state index in [1.807, 2.05) is 6.07 Å². The Morgan fingerprint density at radius 3 is 2.25 bits per heavy atom. The molecule has 0 aliphatic heterocycles. The first kappa shape index (κ1) is 15.2. The molecule has 2 aromatic rings. The molecule has 0 spiro atoms. The van der Waals surface area contributed by atoms with Crippen molar-refractivity contribution in [3.05, 3.63) is 65.7 Å². The number of para-hydroxylation sites is 1. The van der Waals surface area contributed by atoms with Crippen LogP contribution in [-0.2, 0) is 0 Å². The molecule has 0 saturated carbocycles. The van der Waals surface area contributed by atoms with Crippen molar-refractivity contribution in [2.75, 3.05) is 0 Å². The first-order valence-electron chi connectivity index (χ1n) is 6.98. The zero-order chi connectivity index (χ0) is 14.4. The van der Waals surface area contributed by atoms with Crippen LogP contribution < -0.4 is 4.74 Å². The van der Waals surface area contributed by atoms with Gasteiger partial charge in [-0.2, -0.15) is 0 Å². The Morgan fingerprint density at radius 1 is 0.950 bits per heavy atom.